The molecule has 544 valence electrons. The zero-order valence-corrected chi connectivity index (χ0v) is 56.6. The predicted molar refractivity (Wildman–Crippen MR) is 347 cm³/mol. The Morgan fingerprint density at radius 1 is 0.567 bits per heavy atom. The fourth-order valence-electron chi connectivity index (χ4n) is 10.0. The van der Waals surface area contributed by atoms with E-state index < -0.39 is 199 Å². The van der Waals surface area contributed by atoms with Gasteiger partial charge in [-0.1, -0.05) is 55.4 Å². The van der Waals surface area contributed by atoms with Gasteiger partial charge in [-0.2, -0.15) is 0 Å². The molecule has 1 aliphatic heterocycles. The van der Waals surface area contributed by atoms with Gasteiger partial charge in [0.15, 0.2) is 5.96 Å². The van der Waals surface area contributed by atoms with Crippen LogP contribution in [0.25, 0.3) is 0 Å². The monoisotopic (exact) mass is 1380 g/mol. The van der Waals surface area contributed by atoms with Crippen LogP contribution in [0.4, 0.5) is 0 Å². The third-order valence-corrected chi connectivity index (χ3v) is 15.2. The summed E-state index contributed by atoms with van der Waals surface area (Å²) in [5, 5.41) is 54.6. The number of carbonyl (C=O) groups is 15. The number of aliphatic carboxylic acids is 2. The summed E-state index contributed by atoms with van der Waals surface area (Å²) in [4.78, 5) is 214. The van der Waals surface area contributed by atoms with E-state index in [1.807, 2.05) is 0 Å². The largest absolute Gasteiger partial charge is 0.481 e. The Morgan fingerprint density at radius 3 is 1.47 bits per heavy atom. The number of amides is 13. The molecule has 0 aromatic carbocycles. The number of nitrogens with zero attached hydrogens (tertiary/aromatic N) is 3. The lowest BCUT2D eigenvalue weighted by atomic mass is 10.00. The molecular weight excluding hydrogens is 1270 g/mol. The first-order chi connectivity index (χ1) is 45.2. The van der Waals surface area contributed by atoms with Crippen LogP contribution in [0.1, 0.15) is 146 Å². The van der Waals surface area contributed by atoms with Crippen LogP contribution in [-0.2, 0) is 78.3 Å². The van der Waals surface area contributed by atoms with Crippen molar-refractivity contribution in [2.24, 2.45) is 57.3 Å². The molecule has 2 heterocycles. The van der Waals surface area contributed by atoms with Crippen LogP contribution in [-0.4, -0.2) is 217 Å². The minimum absolute atomic E-state index is 0.0188. The molecule has 13 amide bonds. The van der Waals surface area contributed by atoms with E-state index in [-0.39, 0.29) is 88.2 Å². The molecule has 0 bridgehead atoms. The van der Waals surface area contributed by atoms with Gasteiger partial charge in [-0.15, -0.1) is 0 Å². The number of carboxylic acids is 2. The number of imidazole rings is 1. The second-order valence-corrected chi connectivity index (χ2v) is 25.6. The van der Waals surface area contributed by atoms with E-state index in [2.05, 4.69) is 68.1 Å². The van der Waals surface area contributed by atoms with Crippen molar-refractivity contribution < 1.29 is 87.2 Å². The van der Waals surface area contributed by atoms with Gasteiger partial charge in [0.05, 0.1) is 31.3 Å². The summed E-state index contributed by atoms with van der Waals surface area (Å²) in [7, 11) is 0. The number of aliphatic hydroxyl groups is 1. The molecule has 1 aliphatic rings. The fourth-order valence-corrected chi connectivity index (χ4v) is 10.0. The topological polar surface area (TPSA) is 611 Å². The summed E-state index contributed by atoms with van der Waals surface area (Å²) in [5.41, 5.74) is 28.1. The molecule has 24 N–H and O–H groups in total. The molecule has 1 aromatic heterocycles. The van der Waals surface area contributed by atoms with Crippen molar-refractivity contribution >= 4 is 94.7 Å². The molecule has 0 aliphatic carbocycles. The average Bonchev–Trinajstić information content (AvgIpc) is 1.76. The summed E-state index contributed by atoms with van der Waals surface area (Å²) in [6.07, 6.45) is -2.39. The third-order valence-electron chi connectivity index (χ3n) is 15.2. The molecular formula is C60H101N19O18. The molecule has 37 heteroatoms. The predicted octanol–water partition coefficient (Wildman–Crippen LogP) is -5.93. The van der Waals surface area contributed by atoms with Crippen LogP contribution >= 0.6 is 0 Å². The molecule has 0 radical (unpaired) electrons. The second kappa shape index (κ2) is 40.8. The summed E-state index contributed by atoms with van der Waals surface area (Å²) >= 11 is 0. The maximum absolute atomic E-state index is 14.8. The molecule has 0 saturated carbocycles. The number of aliphatic hydroxyl groups excluding tert-OH is 1. The Kier molecular flexibility index (Phi) is 35.1. The Morgan fingerprint density at radius 2 is 1.02 bits per heavy atom. The molecule has 13 atom stereocenters. The van der Waals surface area contributed by atoms with Gasteiger partial charge in [0.25, 0.3) is 0 Å². The highest BCUT2D eigenvalue weighted by Gasteiger charge is 2.42. The van der Waals surface area contributed by atoms with Crippen LogP contribution in [0.15, 0.2) is 17.5 Å². The number of carboxylic acid groups (broad SMARTS) is 2. The van der Waals surface area contributed by atoms with Gasteiger partial charge in [0.1, 0.15) is 66.5 Å². The molecule has 1 saturated heterocycles. The Bertz CT molecular complexity index is 2940. The lowest BCUT2D eigenvalue weighted by Crippen LogP contribution is -2.62. The molecule has 0 unspecified atom stereocenters. The first kappa shape index (κ1) is 83.5. The van der Waals surface area contributed by atoms with Gasteiger partial charge in [-0.3, -0.25) is 76.9 Å². The van der Waals surface area contributed by atoms with E-state index in [0.29, 0.717) is 5.69 Å². The van der Waals surface area contributed by atoms with Crippen molar-refractivity contribution in [1.82, 2.24) is 68.0 Å². The van der Waals surface area contributed by atoms with E-state index in [1.54, 1.807) is 55.4 Å². The van der Waals surface area contributed by atoms with Crippen LogP contribution in [0.2, 0.25) is 0 Å². The molecule has 97 heavy (non-hydrogen) atoms. The van der Waals surface area contributed by atoms with E-state index >= 15 is 0 Å². The van der Waals surface area contributed by atoms with Crippen molar-refractivity contribution in [1.29, 1.82) is 0 Å². The summed E-state index contributed by atoms with van der Waals surface area (Å²) in [5.74, 6) is -17.5. The summed E-state index contributed by atoms with van der Waals surface area (Å²) in [6.45, 7) is 15.9. The number of primary amides is 2. The van der Waals surface area contributed by atoms with Crippen LogP contribution in [0.5, 0.6) is 0 Å². The van der Waals surface area contributed by atoms with Gasteiger partial charge in [0.2, 0.25) is 76.8 Å². The average molecular weight is 1380 g/mol. The maximum Gasteiger partial charge on any atom is 0.325 e. The molecule has 0 spiro atoms. The smallest absolute Gasteiger partial charge is 0.325 e. The number of hydrogen-bond donors (Lipinski definition) is 19. The van der Waals surface area contributed by atoms with E-state index in [9.17, 15) is 87.2 Å². The van der Waals surface area contributed by atoms with Crippen LogP contribution in [0.3, 0.4) is 0 Å². The van der Waals surface area contributed by atoms with Crippen molar-refractivity contribution in [2.75, 3.05) is 13.1 Å². The SMILES string of the molecule is CC(C)C[C@H](NC(=O)[C@H](CCCN=C(N)N)NC(=O)[C@@H]1CCCN1C(=O)[C@H](Cc1cnc[nH]1)NC(=O)[C@@H](NC(=O)[C@H](CCC(N)=O)NC(=O)[C@H](CC(C)C)NC(=O)[C@H](CC(=O)O)NC(=O)[C@H](CC(N)=O)NC(=O)[C@H](CC(C)C)NC(=O)[C@@H](N)C(C)C)[C@@H](C)O)C(=O)N[C@@H](C)C(=O)O. The zero-order valence-electron chi connectivity index (χ0n) is 56.6. The number of rotatable bonds is 43. The van der Waals surface area contributed by atoms with Gasteiger partial charge >= 0.3 is 11.9 Å². The van der Waals surface area contributed by atoms with Crippen molar-refractivity contribution in [3.63, 3.8) is 0 Å². The van der Waals surface area contributed by atoms with Crippen molar-refractivity contribution in [2.45, 2.75) is 225 Å². The Balaban J connectivity index is 2.51. The number of aliphatic imine (C=N–C) groups is 1. The van der Waals surface area contributed by atoms with Gasteiger partial charge in [-0.05, 0) is 88.9 Å². The van der Waals surface area contributed by atoms with E-state index in [1.165, 1.54) is 19.4 Å². The van der Waals surface area contributed by atoms with Crippen molar-refractivity contribution in [3.8, 4) is 0 Å². The summed E-state index contributed by atoms with van der Waals surface area (Å²) < 4.78 is 0. The molecule has 37 nitrogen and oxygen atoms in total. The number of carbonyl (C=O) groups excluding carboxylic acids is 13. The van der Waals surface area contributed by atoms with E-state index in [0.717, 1.165) is 11.8 Å². The summed E-state index contributed by atoms with van der Waals surface area (Å²) in [6, 6.07) is -18.3. The number of H-pyrrole nitrogens is 1. The van der Waals surface area contributed by atoms with E-state index in [4.69, 9.17) is 28.7 Å². The number of likely N-dealkylation sites (tertiary alicyclic amines) is 1. The zero-order chi connectivity index (χ0) is 73.7. The maximum atomic E-state index is 14.8. The number of aromatic nitrogens is 2. The van der Waals surface area contributed by atoms with Gasteiger partial charge in [-0.25, -0.2) is 4.98 Å². The highest BCUT2D eigenvalue weighted by atomic mass is 16.4. The van der Waals surface area contributed by atoms with Crippen LogP contribution < -0.4 is 81.8 Å². The lowest BCUT2D eigenvalue weighted by Gasteiger charge is -2.31. The van der Waals surface area contributed by atoms with Crippen molar-refractivity contribution in [3.05, 3.63) is 18.2 Å². The molecule has 2 rings (SSSR count). The van der Waals surface area contributed by atoms with Crippen LogP contribution in [0, 0.1) is 23.7 Å². The number of nitrogens with one attached hydrogen (secondary N) is 11. The van der Waals surface area contributed by atoms with Gasteiger partial charge < -0.3 is 107 Å². The first-order valence-corrected chi connectivity index (χ1v) is 32.0. The molecule has 1 fully saturated rings. The minimum Gasteiger partial charge on any atom is -0.481 e. The quantitative estimate of drug-likeness (QED) is 0.0164. The number of aromatic amines is 1. The standard InChI is InChI=1S/C60H101N19O18/c1-27(2)19-36(50(87)69-31(9)59(96)97)72-48(85)34(13-11-17-67-60(64)65)71-55(92)42-14-12-18-79(42)58(95)41(22-33-25-66-26-68-33)77-57(94)47(32(10)80)78-49(86)35(15-16-43(61)81)70-51(88)37(20-28(3)4)73-54(91)40(24-45(83)84)75-53(90)39(23-44(62)82)74-52(89)38(21-29(5)6)76-56(93)46(63)30(7)8/h25-32,34-42,46-47,80H,11-24,63H2,1-10H3,(H2,61,81)(H2,62,82)(H,66,68)(H,69,87)(H,70,88)(H,71,92)(H,72,85)(H,73,91)(H,74,89)(H,75,90)(H,76,93)(H,77,94)(H,78,86)(H,83,84)(H,96,97)(H4,64,65,67)/t31-,32+,34-,35-,36-,37-,38-,39-,40-,41-,42-,46-,47-/m0/s1. The normalized spacial score (nSPS) is 16.6. The Hall–Kier alpha value is -9.55. The number of guanidine groups is 1. The number of nitrogens with two attached hydrogens (primary N) is 5. The first-order valence-electron chi connectivity index (χ1n) is 32.0. The molecule has 1 aromatic rings. The fraction of sp³-hybridized carbons (Fsp3) is 0.683. The Labute approximate surface area is 561 Å². The number of hydrogen-bond acceptors (Lipinski definition) is 19. The van der Waals surface area contributed by atoms with Gasteiger partial charge in [0, 0.05) is 37.8 Å². The highest BCUT2D eigenvalue weighted by Crippen LogP contribution is 2.21. The third kappa shape index (κ3) is 30.0. The lowest BCUT2D eigenvalue weighted by molar-refractivity contribution is -0.143. The minimum atomic E-state index is -2.02. The second-order valence-electron chi connectivity index (χ2n) is 25.6. The highest BCUT2D eigenvalue weighted by molar-refractivity contribution is 6.01.